The van der Waals surface area contributed by atoms with Crippen molar-refractivity contribution in [2.75, 3.05) is 6.61 Å². The fraction of sp³-hybridized carbons (Fsp3) is 0.133. The van der Waals surface area contributed by atoms with Crippen LogP contribution in [0.15, 0.2) is 48.5 Å². The third-order valence-electron chi connectivity index (χ3n) is 2.62. The Balaban J connectivity index is 1.96. The minimum Gasteiger partial charge on any atom is -0.491 e. The summed E-state index contributed by atoms with van der Waals surface area (Å²) >= 11 is 5.86. The van der Waals surface area contributed by atoms with Gasteiger partial charge in [-0.15, -0.1) is 0 Å². The Morgan fingerprint density at radius 3 is 2.58 bits per heavy atom. The Kier molecular flexibility index (Phi) is 4.40. The van der Waals surface area contributed by atoms with E-state index in [1.54, 1.807) is 48.5 Å². The van der Waals surface area contributed by atoms with E-state index in [4.69, 9.17) is 21.6 Å². The van der Waals surface area contributed by atoms with Crippen molar-refractivity contribution >= 4 is 11.6 Å². The molecule has 0 radical (unpaired) electrons. The van der Waals surface area contributed by atoms with Crippen molar-refractivity contribution in [2.24, 2.45) is 0 Å². The second-order valence-electron chi connectivity index (χ2n) is 4.02. The lowest BCUT2D eigenvalue weighted by Gasteiger charge is -2.13. The lowest BCUT2D eigenvalue weighted by atomic mass is 10.1. The van der Waals surface area contributed by atoms with E-state index >= 15 is 0 Å². The Hall–Kier alpha value is -2.02. The van der Waals surface area contributed by atoms with Crippen LogP contribution in [-0.4, -0.2) is 11.7 Å². The van der Waals surface area contributed by atoms with E-state index in [-0.39, 0.29) is 6.61 Å². The molecule has 0 amide bonds. The molecule has 4 heteroatoms. The summed E-state index contributed by atoms with van der Waals surface area (Å²) < 4.78 is 5.46. The van der Waals surface area contributed by atoms with Crippen LogP contribution in [0.2, 0.25) is 5.02 Å². The summed E-state index contributed by atoms with van der Waals surface area (Å²) in [6, 6.07) is 15.8. The third-order valence-corrected chi connectivity index (χ3v) is 2.86. The Bertz CT molecular complexity index is 590. The SMILES string of the molecule is N#Cc1ccc(OCC(O)c2cccc(Cl)c2)cc1. The largest absolute Gasteiger partial charge is 0.491 e. The summed E-state index contributed by atoms with van der Waals surface area (Å²) in [5.74, 6) is 0.611. The van der Waals surface area contributed by atoms with Crippen LogP contribution in [0.1, 0.15) is 17.2 Å². The van der Waals surface area contributed by atoms with E-state index in [1.165, 1.54) is 0 Å². The van der Waals surface area contributed by atoms with E-state index in [0.717, 1.165) is 0 Å². The zero-order valence-corrected chi connectivity index (χ0v) is 10.8. The highest BCUT2D eigenvalue weighted by Gasteiger charge is 2.08. The third kappa shape index (κ3) is 3.72. The minimum atomic E-state index is -0.741. The molecule has 0 aliphatic carbocycles. The summed E-state index contributed by atoms with van der Waals surface area (Å²) in [5.41, 5.74) is 1.28. The van der Waals surface area contributed by atoms with E-state index < -0.39 is 6.10 Å². The van der Waals surface area contributed by atoms with Gasteiger partial charge in [0.2, 0.25) is 0 Å². The summed E-state index contributed by atoms with van der Waals surface area (Å²) in [7, 11) is 0. The van der Waals surface area contributed by atoms with Gasteiger partial charge in [-0.3, -0.25) is 0 Å². The van der Waals surface area contributed by atoms with Crippen molar-refractivity contribution in [3.05, 3.63) is 64.7 Å². The van der Waals surface area contributed by atoms with Crippen molar-refractivity contribution in [1.29, 1.82) is 5.26 Å². The molecule has 0 saturated heterocycles. The molecule has 0 bridgehead atoms. The molecular weight excluding hydrogens is 262 g/mol. The fourth-order valence-corrected chi connectivity index (χ4v) is 1.81. The van der Waals surface area contributed by atoms with Gasteiger partial charge in [-0.1, -0.05) is 23.7 Å². The Labute approximate surface area is 116 Å². The molecule has 0 spiro atoms. The summed E-state index contributed by atoms with van der Waals surface area (Å²) in [5, 5.41) is 19.2. The first-order valence-corrected chi connectivity index (χ1v) is 6.13. The number of hydrogen-bond donors (Lipinski definition) is 1. The van der Waals surface area contributed by atoms with Crippen molar-refractivity contribution < 1.29 is 9.84 Å². The van der Waals surface area contributed by atoms with Crippen LogP contribution in [0.4, 0.5) is 0 Å². The zero-order valence-electron chi connectivity index (χ0n) is 10.1. The van der Waals surface area contributed by atoms with Crippen molar-refractivity contribution in [1.82, 2.24) is 0 Å². The first kappa shape index (κ1) is 13.4. The van der Waals surface area contributed by atoms with Crippen LogP contribution in [0.3, 0.4) is 0 Å². The van der Waals surface area contributed by atoms with Gasteiger partial charge in [0.1, 0.15) is 18.5 Å². The molecule has 96 valence electrons. The zero-order chi connectivity index (χ0) is 13.7. The Morgan fingerprint density at radius 2 is 1.95 bits per heavy atom. The molecule has 1 atom stereocenters. The predicted molar refractivity (Wildman–Crippen MR) is 73.1 cm³/mol. The number of aliphatic hydroxyl groups excluding tert-OH is 1. The van der Waals surface area contributed by atoms with Crippen molar-refractivity contribution in [2.45, 2.75) is 6.10 Å². The summed E-state index contributed by atoms with van der Waals surface area (Å²) in [6.45, 7) is 0.131. The van der Waals surface area contributed by atoms with Gasteiger partial charge in [0, 0.05) is 5.02 Å². The molecule has 0 aliphatic heterocycles. The molecule has 1 unspecified atom stereocenters. The molecule has 2 rings (SSSR count). The van der Waals surface area contributed by atoms with E-state index in [2.05, 4.69) is 0 Å². The first-order chi connectivity index (χ1) is 9.19. The second kappa shape index (κ2) is 6.24. The number of ether oxygens (including phenoxy) is 1. The van der Waals surface area contributed by atoms with Gasteiger partial charge in [-0.05, 0) is 42.0 Å². The number of nitrogens with zero attached hydrogens (tertiary/aromatic N) is 1. The highest BCUT2D eigenvalue weighted by atomic mass is 35.5. The highest BCUT2D eigenvalue weighted by Crippen LogP contribution is 2.19. The van der Waals surface area contributed by atoms with Crippen molar-refractivity contribution in [3.63, 3.8) is 0 Å². The fourth-order valence-electron chi connectivity index (χ4n) is 1.61. The summed E-state index contributed by atoms with van der Waals surface area (Å²) in [6.07, 6.45) is -0.741. The van der Waals surface area contributed by atoms with Gasteiger partial charge < -0.3 is 9.84 Å². The number of rotatable bonds is 4. The van der Waals surface area contributed by atoms with Crippen LogP contribution in [-0.2, 0) is 0 Å². The normalized spacial score (nSPS) is 11.6. The number of benzene rings is 2. The topological polar surface area (TPSA) is 53.2 Å². The van der Waals surface area contributed by atoms with Crippen LogP contribution >= 0.6 is 11.6 Å². The molecule has 0 aliphatic rings. The van der Waals surface area contributed by atoms with Gasteiger partial charge in [0.25, 0.3) is 0 Å². The van der Waals surface area contributed by atoms with Gasteiger partial charge >= 0.3 is 0 Å². The summed E-state index contributed by atoms with van der Waals surface area (Å²) in [4.78, 5) is 0. The molecule has 2 aromatic carbocycles. The molecule has 0 heterocycles. The Morgan fingerprint density at radius 1 is 1.21 bits per heavy atom. The van der Waals surface area contributed by atoms with Crippen LogP contribution < -0.4 is 4.74 Å². The number of hydrogen-bond acceptors (Lipinski definition) is 3. The van der Waals surface area contributed by atoms with Gasteiger partial charge in [0.05, 0.1) is 11.6 Å². The molecule has 0 aromatic heterocycles. The van der Waals surface area contributed by atoms with Crippen LogP contribution in [0.5, 0.6) is 5.75 Å². The maximum Gasteiger partial charge on any atom is 0.119 e. The van der Waals surface area contributed by atoms with Crippen molar-refractivity contribution in [3.8, 4) is 11.8 Å². The standard InChI is InChI=1S/C15H12ClNO2/c16-13-3-1-2-12(8-13)15(18)10-19-14-6-4-11(9-17)5-7-14/h1-8,15,18H,10H2. The second-order valence-corrected chi connectivity index (χ2v) is 4.45. The van der Waals surface area contributed by atoms with E-state index in [0.29, 0.717) is 21.9 Å². The highest BCUT2D eigenvalue weighted by molar-refractivity contribution is 6.30. The molecule has 3 nitrogen and oxygen atoms in total. The van der Waals surface area contributed by atoms with Gasteiger partial charge in [-0.25, -0.2) is 0 Å². The average molecular weight is 274 g/mol. The van der Waals surface area contributed by atoms with Gasteiger partial charge in [-0.2, -0.15) is 5.26 Å². The quantitative estimate of drug-likeness (QED) is 0.930. The molecular formula is C15H12ClNO2. The maximum atomic E-state index is 9.97. The monoisotopic (exact) mass is 273 g/mol. The van der Waals surface area contributed by atoms with Gasteiger partial charge in [0.15, 0.2) is 0 Å². The average Bonchev–Trinajstić information content (AvgIpc) is 2.45. The number of nitriles is 1. The lowest BCUT2D eigenvalue weighted by Crippen LogP contribution is -2.09. The van der Waals surface area contributed by atoms with Crippen LogP contribution in [0, 0.1) is 11.3 Å². The van der Waals surface area contributed by atoms with E-state index in [9.17, 15) is 5.11 Å². The predicted octanol–water partition coefficient (Wildman–Crippen LogP) is 3.32. The molecule has 1 N–H and O–H groups in total. The number of aliphatic hydroxyl groups is 1. The molecule has 0 fully saturated rings. The minimum absolute atomic E-state index is 0.131. The van der Waals surface area contributed by atoms with E-state index in [1.807, 2.05) is 6.07 Å². The molecule has 0 saturated carbocycles. The van der Waals surface area contributed by atoms with Crippen LogP contribution in [0.25, 0.3) is 0 Å². The lowest BCUT2D eigenvalue weighted by molar-refractivity contribution is 0.108. The number of halogens is 1. The maximum absolute atomic E-state index is 9.97. The molecule has 19 heavy (non-hydrogen) atoms. The smallest absolute Gasteiger partial charge is 0.119 e. The first-order valence-electron chi connectivity index (χ1n) is 5.75. The molecule has 2 aromatic rings.